The van der Waals surface area contributed by atoms with Crippen molar-refractivity contribution >= 4 is 11.6 Å². The molecule has 0 radical (unpaired) electrons. The number of carbonyl (C=O) groups is 1. The molecule has 0 bridgehead atoms. The molecule has 0 aromatic heterocycles. The maximum absolute atomic E-state index is 12.0. The molecule has 3 nitrogen and oxygen atoms in total. The molecule has 0 spiro atoms. The third-order valence-corrected chi connectivity index (χ3v) is 3.53. The van der Waals surface area contributed by atoms with Gasteiger partial charge < -0.3 is 11.1 Å². The van der Waals surface area contributed by atoms with Crippen molar-refractivity contribution in [2.75, 3.05) is 5.73 Å². The minimum absolute atomic E-state index is 0.101. The highest BCUT2D eigenvalue weighted by atomic mass is 16.1. The van der Waals surface area contributed by atoms with Crippen molar-refractivity contribution in [3.63, 3.8) is 0 Å². The van der Waals surface area contributed by atoms with Gasteiger partial charge in [-0.1, -0.05) is 25.0 Å². The van der Waals surface area contributed by atoms with Crippen LogP contribution in [-0.4, -0.2) is 11.9 Å². The smallest absolute Gasteiger partial charge is 0.227 e. The van der Waals surface area contributed by atoms with Gasteiger partial charge in [0.05, 0.1) is 5.92 Å². The summed E-state index contributed by atoms with van der Waals surface area (Å²) in [6.45, 7) is 1.94. The third kappa shape index (κ3) is 2.99. The normalized spacial score (nSPS) is 17.9. The van der Waals surface area contributed by atoms with E-state index in [1.807, 2.05) is 31.2 Å². The number of carbonyl (C=O) groups excluding carboxylic acids is 1. The number of hydrogen-bond acceptors (Lipinski definition) is 2. The second-order valence-electron chi connectivity index (χ2n) is 4.88. The lowest BCUT2D eigenvalue weighted by atomic mass is 9.99. The summed E-state index contributed by atoms with van der Waals surface area (Å²) in [6.07, 6.45) is 4.72. The molecule has 3 heteroatoms. The maximum atomic E-state index is 12.0. The Labute approximate surface area is 102 Å². The Morgan fingerprint density at radius 3 is 2.47 bits per heavy atom. The number of nitrogens with one attached hydrogen (secondary N) is 1. The van der Waals surface area contributed by atoms with E-state index < -0.39 is 0 Å². The molecule has 1 aliphatic rings. The minimum atomic E-state index is -0.101. The van der Waals surface area contributed by atoms with Crippen molar-refractivity contribution < 1.29 is 4.79 Å². The van der Waals surface area contributed by atoms with Crippen LogP contribution in [0.25, 0.3) is 0 Å². The zero-order chi connectivity index (χ0) is 12.3. The van der Waals surface area contributed by atoms with Crippen molar-refractivity contribution in [1.29, 1.82) is 0 Å². The number of benzene rings is 1. The zero-order valence-corrected chi connectivity index (χ0v) is 10.3. The molecule has 1 atom stereocenters. The van der Waals surface area contributed by atoms with E-state index in [1.54, 1.807) is 0 Å². The van der Waals surface area contributed by atoms with E-state index in [9.17, 15) is 4.79 Å². The van der Waals surface area contributed by atoms with E-state index in [1.165, 1.54) is 12.8 Å². The summed E-state index contributed by atoms with van der Waals surface area (Å²) in [5, 5.41) is 3.12. The highest BCUT2D eigenvalue weighted by Gasteiger charge is 2.21. The Hall–Kier alpha value is -1.51. The van der Waals surface area contributed by atoms with Crippen LogP contribution in [-0.2, 0) is 4.79 Å². The molecule has 17 heavy (non-hydrogen) atoms. The zero-order valence-electron chi connectivity index (χ0n) is 10.3. The van der Waals surface area contributed by atoms with Crippen LogP contribution in [0, 0.1) is 0 Å². The van der Waals surface area contributed by atoms with Gasteiger partial charge in [-0.25, -0.2) is 0 Å². The summed E-state index contributed by atoms with van der Waals surface area (Å²) >= 11 is 0. The molecule has 2 rings (SSSR count). The Balaban J connectivity index is 1.96. The van der Waals surface area contributed by atoms with Crippen molar-refractivity contribution in [1.82, 2.24) is 5.32 Å². The largest absolute Gasteiger partial charge is 0.399 e. The van der Waals surface area contributed by atoms with E-state index >= 15 is 0 Å². The van der Waals surface area contributed by atoms with Crippen molar-refractivity contribution in [2.45, 2.75) is 44.6 Å². The van der Waals surface area contributed by atoms with Crippen LogP contribution in [0.1, 0.15) is 44.1 Å². The van der Waals surface area contributed by atoms with E-state index in [0.29, 0.717) is 6.04 Å². The third-order valence-electron chi connectivity index (χ3n) is 3.53. The van der Waals surface area contributed by atoms with E-state index in [4.69, 9.17) is 5.73 Å². The molecule has 0 heterocycles. The van der Waals surface area contributed by atoms with Crippen LogP contribution >= 0.6 is 0 Å². The summed E-state index contributed by atoms with van der Waals surface area (Å²) in [4.78, 5) is 12.0. The lowest BCUT2D eigenvalue weighted by Gasteiger charge is -2.17. The first-order valence-corrected chi connectivity index (χ1v) is 6.32. The van der Waals surface area contributed by atoms with E-state index in [-0.39, 0.29) is 11.8 Å². The number of amides is 1. The Morgan fingerprint density at radius 2 is 1.88 bits per heavy atom. The predicted molar refractivity (Wildman–Crippen MR) is 69.7 cm³/mol. The Kier molecular flexibility index (Phi) is 3.67. The molecule has 1 saturated carbocycles. The van der Waals surface area contributed by atoms with Gasteiger partial charge in [-0.2, -0.15) is 0 Å². The van der Waals surface area contributed by atoms with Gasteiger partial charge in [-0.15, -0.1) is 0 Å². The summed E-state index contributed by atoms with van der Waals surface area (Å²) in [5.74, 6) is 0.0258. The molecule has 1 aromatic rings. The monoisotopic (exact) mass is 232 g/mol. The lowest BCUT2D eigenvalue weighted by Crippen LogP contribution is -2.35. The first kappa shape index (κ1) is 12.0. The second kappa shape index (κ2) is 5.21. The Morgan fingerprint density at radius 1 is 1.29 bits per heavy atom. The number of hydrogen-bond donors (Lipinski definition) is 2. The molecular formula is C14H20N2O. The second-order valence-corrected chi connectivity index (χ2v) is 4.88. The topological polar surface area (TPSA) is 55.1 Å². The van der Waals surface area contributed by atoms with Gasteiger partial charge in [0.25, 0.3) is 0 Å². The number of rotatable bonds is 3. The molecule has 1 fully saturated rings. The quantitative estimate of drug-likeness (QED) is 0.786. The molecule has 1 aliphatic carbocycles. The van der Waals surface area contributed by atoms with Gasteiger partial charge in [-0.05, 0) is 37.5 Å². The molecule has 3 N–H and O–H groups in total. The average molecular weight is 232 g/mol. The van der Waals surface area contributed by atoms with Gasteiger partial charge in [-0.3, -0.25) is 4.79 Å². The molecule has 0 saturated heterocycles. The SMILES string of the molecule is C[C@@H](C(=O)NC1CCCC1)c1ccc(N)cc1. The fourth-order valence-corrected chi connectivity index (χ4v) is 2.33. The van der Waals surface area contributed by atoms with Gasteiger partial charge in [0.15, 0.2) is 0 Å². The highest BCUT2D eigenvalue weighted by Crippen LogP contribution is 2.21. The number of anilines is 1. The van der Waals surface area contributed by atoms with Gasteiger partial charge >= 0.3 is 0 Å². The molecular weight excluding hydrogens is 212 g/mol. The van der Waals surface area contributed by atoms with Crippen LogP contribution in [0.15, 0.2) is 24.3 Å². The molecule has 0 aliphatic heterocycles. The molecule has 92 valence electrons. The van der Waals surface area contributed by atoms with Crippen LogP contribution in [0.4, 0.5) is 5.69 Å². The summed E-state index contributed by atoms with van der Waals surface area (Å²) < 4.78 is 0. The van der Waals surface area contributed by atoms with Crippen molar-refractivity contribution in [3.8, 4) is 0 Å². The van der Waals surface area contributed by atoms with E-state index in [2.05, 4.69) is 5.32 Å². The van der Waals surface area contributed by atoms with Crippen molar-refractivity contribution in [3.05, 3.63) is 29.8 Å². The number of nitrogen functional groups attached to an aromatic ring is 1. The molecule has 1 aromatic carbocycles. The first-order valence-electron chi connectivity index (χ1n) is 6.32. The Bertz CT molecular complexity index is 380. The van der Waals surface area contributed by atoms with Gasteiger partial charge in [0, 0.05) is 11.7 Å². The summed E-state index contributed by atoms with van der Waals surface area (Å²) in [7, 11) is 0. The van der Waals surface area contributed by atoms with Gasteiger partial charge in [0.2, 0.25) is 5.91 Å². The van der Waals surface area contributed by atoms with E-state index in [0.717, 1.165) is 24.1 Å². The fraction of sp³-hybridized carbons (Fsp3) is 0.500. The van der Waals surface area contributed by atoms with Gasteiger partial charge in [0.1, 0.15) is 0 Å². The number of nitrogens with two attached hydrogens (primary N) is 1. The molecule has 1 amide bonds. The minimum Gasteiger partial charge on any atom is -0.399 e. The highest BCUT2D eigenvalue weighted by molar-refractivity contribution is 5.83. The maximum Gasteiger partial charge on any atom is 0.227 e. The standard InChI is InChI=1S/C14H20N2O/c1-10(11-6-8-12(15)9-7-11)14(17)16-13-4-2-3-5-13/h6-10,13H,2-5,15H2,1H3,(H,16,17)/t10-/m1/s1. The lowest BCUT2D eigenvalue weighted by molar-refractivity contribution is -0.122. The van der Waals surface area contributed by atoms with Crippen LogP contribution < -0.4 is 11.1 Å². The summed E-state index contributed by atoms with van der Waals surface area (Å²) in [5.41, 5.74) is 7.39. The molecule has 0 unspecified atom stereocenters. The average Bonchev–Trinajstić information content (AvgIpc) is 2.82. The first-order chi connectivity index (χ1) is 8.16. The van der Waals surface area contributed by atoms with Crippen LogP contribution in [0.5, 0.6) is 0 Å². The van der Waals surface area contributed by atoms with Crippen LogP contribution in [0.2, 0.25) is 0 Å². The fourth-order valence-electron chi connectivity index (χ4n) is 2.33. The van der Waals surface area contributed by atoms with Crippen LogP contribution in [0.3, 0.4) is 0 Å². The van der Waals surface area contributed by atoms with Crippen molar-refractivity contribution in [2.24, 2.45) is 0 Å². The predicted octanol–water partition coefficient (Wildman–Crippen LogP) is 2.43. The summed E-state index contributed by atoms with van der Waals surface area (Å²) in [6, 6.07) is 7.92.